The van der Waals surface area contributed by atoms with Crippen LogP contribution in [0.3, 0.4) is 0 Å². The second kappa shape index (κ2) is 5.08. The molecule has 0 saturated heterocycles. The number of fused-ring (bicyclic) bond motifs is 1. The molecule has 0 unspecified atom stereocenters. The molecule has 1 atom stereocenters. The van der Waals surface area contributed by atoms with Crippen LogP contribution in [-0.2, 0) is 6.42 Å². The second-order valence-electron chi connectivity index (χ2n) is 4.44. The number of aryl methyl sites for hydroxylation is 1. The summed E-state index contributed by atoms with van der Waals surface area (Å²) in [5.41, 5.74) is 3.76. The van der Waals surface area contributed by atoms with Crippen LogP contribution in [0.1, 0.15) is 29.9 Å². The molecular weight excluding hydrogens is 216 g/mol. The smallest absolute Gasteiger partial charge is 0.404 e. The molecule has 0 aromatic heterocycles. The van der Waals surface area contributed by atoms with Gasteiger partial charge in [-0.1, -0.05) is 6.07 Å². The maximum absolute atomic E-state index is 10.5. The maximum atomic E-state index is 10.5. The van der Waals surface area contributed by atoms with Gasteiger partial charge in [0.2, 0.25) is 0 Å². The number of nitrogens with one attached hydrogen (secondary N) is 2. The van der Waals surface area contributed by atoms with Crippen LogP contribution < -0.4 is 10.6 Å². The van der Waals surface area contributed by atoms with E-state index in [0.717, 1.165) is 24.9 Å². The van der Waals surface area contributed by atoms with E-state index in [1.807, 2.05) is 7.05 Å². The van der Waals surface area contributed by atoms with Crippen LogP contribution in [0, 0.1) is 0 Å². The zero-order valence-corrected chi connectivity index (χ0v) is 9.99. The lowest BCUT2D eigenvalue weighted by molar-refractivity contribution is 0.193. The summed E-state index contributed by atoms with van der Waals surface area (Å²) in [6, 6.07) is 6.34. The number of benzene rings is 1. The Bertz CT molecular complexity index is 418. The minimum Gasteiger partial charge on any atom is -0.465 e. The number of amides is 1. The number of rotatable bonds is 3. The van der Waals surface area contributed by atoms with Gasteiger partial charge in [-0.3, -0.25) is 0 Å². The third kappa shape index (κ3) is 2.70. The van der Waals surface area contributed by atoms with Crippen LogP contribution in [0.5, 0.6) is 0 Å². The lowest BCUT2D eigenvalue weighted by atomic mass is 9.82. The van der Waals surface area contributed by atoms with E-state index in [-0.39, 0.29) is 0 Å². The summed E-state index contributed by atoms with van der Waals surface area (Å²) in [6.07, 6.45) is 2.34. The Hall–Kier alpha value is -1.71. The average Bonchev–Trinajstić information content (AvgIpc) is 2.35. The molecule has 1 aliphatic carbocycles. The highest BCUT2D eigenvalue weighted by Gasteiger charge is 2.20. The Kier molecular flexibility index (Phi) is 3.52. The molecule has 92 valence electrons. The van der Waals surface area contributed by atoms with E-state index in [4.69, 9.17) is 5.11 Å². The molecule has 1 aromatic rings. The number of anilines is 1. The van der Waals surface area contributed by atoms with Crippen molar-refractivity contribution >= 4 is 11.8 Å². The Morgan fingerprint density at radius 1 is 1.53 bits per heavy atom. The number of hydrogen-bond donors (Lipinski definition) is 3. The number of hydrogen-bond acceptors (Lipinski definition) is 2. The molecule has 0 aliphatic heterocycles. The highest BCUT2D eigenvalue weighted by atomic mass is 16.4. The summed E-state index contributed by atoms with van der Waals surface area (Å²) in [5.74, 6) is 0.320. The van der Waals surface area contributed by atoms with E-state index in [1.54, 1.807) is 0 Å². The molecule has 1 aromatic carbocycles. The van der Waals surface area contributed by atoms with E-state index < -0.39 is 6.09 Å². The highest BCUT2D eigenvalue weighted by Crippen LogP contribution is 2.32. The summed E-state index contributed by atoms with van der Waals surface area (Å²) < 4.78 is 0. The second-order valence-corrected chi connectivity index (χ2v) is 4.44. The third-order valence-corrected chi connectivity index (χ3v) is 3.37. The summed E-state index contributed by atoms with van der Waals surface area (Å²) >= 11 is 0. The first kappa shape index (κ1) is 11.8. The lowest BCUT2D eigenvalue weighted by Crippen LogP contribution is -2.28. The molecule has 1 aliphatic rings. The monoisotopic (exact) mass is 234 g/mol. The van der Waals surface area contributed by atoms with Gasteiger partial charge in [-0.05, 0) is 42.5 Å². The van der Waals surface area contributed by atoms with Crippen molar-refractivity contribution in [1.82, 2.24) is 5.32 Å². The van der Waals surface area contributed by atoms with Crippen molar-refractivity contribution < 1.29 is 9.90 Å². The van der Waals surface area contributed by atoms with Crippen molar-refractivity contribution in [3.8, 4) is 0 Å². The van der Waals surface area contributed by atoms with E-state index in [2.05, 4.69) is 28.8 Å². The van der Waals surface area contributed by atoms with Gasteiger partial charge in [-0.25, -0.2) is 4.79 Å². The third-order valence-electron chi connectivity index (χ3n) is 3.37. The maximum Gasteiger partial charge on any atom is 0.404 e. The Balaban J connectivity index is 2.16. The van der Waals surface area contributed by atoms with Crippen LogP contribution in [0.25, 0.3) is 0 Å². The van der Waals surface area contributed by atoms with Crippen LogP contribution in [0.15, 0.2) is 18.2 Å². The molecule has 0 fully saturated rings. The molecule has 1 amide bonds. The van der Waals surface area contributed by atoms with Crippen LogP contribution >= 0.6 is 0 Å². The first-order valence-electron chi connectivity index (χ1n) is 5.98. The average molecular weight is 234 g/mol. The fourth-order valence-corrected chi connectivity index (χ4v) is 2.49. The predicted molar refractivity (Wildman–Crippen MR) is 67.7 cm³/mol. The van der Waals surface area contributed by atoms with Crippen LogP contribution in [0.2, 0.25) is 0 Å². The molecule has 0 radical (unpaired) electrons. The molecule has 2 rings (SSSR count). The van der Waals surface area contributed by atoms with Crippen LogP contribution in [0.4, 0.5) is 10.5 Å². The van der Waals surface area contributed by atoms with Gasteiger partial charge < -0.3 is 15.7 Å². The minimum atomic E-state index is -0.941. The Labute approximate surface area is 101 Å². The van der Waals surface area contributed by atoms with Gasteiger partial charge in [0.25, 0.3) is 0 Å². The predicted octanol–water partition coefficient (Wildman–Crippen LogP) is 2.42. The minimum absolute atomic E-state index is 0.320. The summed E-state index contributed by atoms with van der Waals surface area (Å²) in [4.78, 5) is 10.5. The van der Waals surface area contributed by atoms with Gasteiger partial charge >= 0.3 is 6.09 Å². The van der Waals surface area contributed by atoms with E-state index in [0.29, 0.717) is 12.5 Å². The topological polar surface area (TPSA) is 61.4 Å². The van der Waals surface area contributed by atoms with Gasteiger partial charge in [0.15, 0.2) is 0 Å². The number of carbonyl (C=O) groups is 1. The van der Waals surface area contributed by atoms with Crippen molar-refractivity contribution in [2.75, 3.05) is 18.9 Å². The zero-order chi connectivity index (χ0) is 12.3. The van der Waals surface area contributed by atoms with Gasteiger partial charge in [0, 0.05) is 25.2 Å². The molecule has 17 heavy (non-hydrogen) atoms. The first-order valence-corrected chi connectivity index (χ1v) is 5.98. The number of carboxylic acid groups (broad SMARTS) is 1. The van der Waals surface area contributed by atoms with E-state index in [9.17, 15) is 4.79 Å². The Morgan fingerprint density at radius 2 is 2.35 bits per heavy atom. The van der Waals surface area contributed by atoms with Crippen molar-refractivity contribution in [1.29, 1.82) is 0 Å². The van der Waals surface area contributed by atoms with Gasteiger partial charge in [0.1, 0.15) is 0 Å². The van der Waals surface area contributed by atoms with Crippen molar-refractivity contribution in [3.05, 3.63) is 29.3 Å². The molecule has 4 heteroatoms. The molecule has 0 saturated carbocycles. The Morgan fingerprint density at radius 3 is 3.06 bits per heavy atom. The standard InChI is InChI=1S/C13H18N2O2/c1-14-11-5-6-12-9(7-11)3-2-4-10(12)8-15-13(16)17/h5-7,10,14-15H,2-4,8H2,1H3,(H,16,17)/t10-/m0/s1. The van der Waals surface area contributed by atoms with Gasteiger partial charge in [-0.2, -0.15) is 0 Å². The fraction of sp³-hybridized carbons (Fsp3) is 0.462. The molecule has 4 nitrogen and oxygen atoms in total. The largest absolute Gasteiger partial charge is 0.465 e. The highest BCUT2D eigenvalue weighted by molar-refractivity contribution is 5.64. The molecule has 3 N–H and O–H groups in total. The molecular formula is C13H18N2O2. The van der Waals surface area contributed by atoms with Gasteiger partial charge in [0.05, 0.1) is 0 Å². The summed E-state index contributed by atoms with van der Waals surface area (Å²) in [7, 11) is 1.91. The molecule has 0 heterocycles. The zero-order valence-electron chi connectivity index (χ0n) is 9.99. The molecule has 0 spiro atoms. The van der Waals surface area contributed by atoms with Gasteiger partial charge in [-0.15, -0.1) is 0 Å². The fourth-order valence-electron chi connectivity index (χ4n) is 2.49. The van der Waals surface area contributed by atoms with E-state index in [1.165, 1.54) is 11.1 Å². The first-order chi connectivity index (χ1) is 8.20. The van der Waals surface area contributed by atoms with Crippen molar-refractivity contribution in [2.45, 2.75) is 25.2 Å². The summed E-state index contributed by atoms with van der Waals surface area (Å²) in [5, 5.41) is 14.3. The lowest BCUT2D eigenvalue weighted by Gasteiger charge is -2.25. The quantitative estimate of drug-likeness (QED) is 0.752. The normalized spacial score (nSPS) is 18.3. The van der Waals surface area contributed by atoms with E-state index >= 15 is 0 Å². The summed E-state index contributed by atoms with van der Waals surface area (Å²) in [6.45, 7) is 0.515. The van der Waals surface area contributed by atoms with Crippen molar-refractivity contribution in [3.63, 3.8) is 0 Å². The van der Waals surface area contributed by atoms with Crippen molar-refractivity contribution in [2.24, 2.45) is 0 Å². The SMILES string of the molecule is CNc1ccc2c(c1)CCC[C@H]2CNC(=O)O. The molecule has 0 bridgehead atoms. The van der Waals surface area contributed by atoms with Crippen LogP contribution in [-0.4, -0.2) is 24.8 Å².